The molecular weight excluding hydrogens is 250 g/mol. The number of aryl methyl sites for hydroxylation is 3. The standard InChI is InChI=1S/C10H14NO.ClHO4/c1-8-6-9(2)11(4-5-12)10(3)7-8;2-1(3,4)5/h5-7H,4H2,1-3H3;(H,2,3,4,5)/q+1;/p-1. The fourth-order valence-corrected chi connectivity index (χ4v) is 1.50. The van der Waals surface area contributed by atoms with Crippen molar-refractivity contribution < 1.29 is 38.2 Å². The van der Waals surface area contributed by atoms with Crippen molar-refractivity contribution in [3.63, 3.8) is 0 Å². The molecule has 0 N–H and O–H groups in total. The summed E-state index contributed by atoms with van der Waals surface area (Å²) in [5.41, 5.74) is 3.52. The number of carbonyl (C=O) groups excluding carboxylic acids is 1. The van der Waals surface area contributed by atoms with Crippen molar-refractivity contribution in [1.82, 2.24) is 0 Å². The molecule has 1 heterocycles. The average Bonchev–Trinajstić information content (AvgIpc) is 2.08. The third-order valence-corrected chi connectivity index (χ3v) is 1.98. The highest BCUT2D eigenvalue weighted by atomic mass is 35.7. The smallest absolute Gasteiger partial charge is 0.204 e. The lowest BCUT2D eigenvalue weighted by molar-refractivity contribution is -2.00. The molecule has 17 heavy (non-hydrogen) atoms. The Morgan fingerprint density at radius 1 is 1.12 bits per heavy atom. The van der Waals surface area contributed by atoms with Crippen LogP contribution in [0, 0.1) is 31.0 Å². The largest absolute Gasteiger partial charge is 0.296 e. The van der Waals surface area contributed by atoms with E-state index in [0.717, 1.165) is 17.7 Å². The van der Waals surface area contributed by atoms with Gasteiger partial charge in [0.25, 0.3) is 0 Å². The van der Waals surface area contributed by atoms with Crippen molar-refractivity contribution in [2.75, 3.05) is 0 Å². The van der Waals surface area contributed by atoms with Gasteiger partial charge in [-0.3, -0.25) is 4.79 Å². The van der Waals surface area contributed by atoms with Crippen molar-refractivity contribution in [3.8, 4) is 0 Å². The van der Waals surface area contributed by atoms with E-state index in [2.05, 4.69) is 19.1 Å². The molecule has 0 aromatic carbocycles. The Bertz CT molecular complexity index is 360. The van der Waals surface area contributed by atoms with Crippen LogP contribution in [0.1, 0.15) is 17.0 Å². The van der Waals surface area contributed by atoms with Gasteiger partial charge < -0.3 is 0 Å². The molecule has 1 aromatic heterocycles. The number of hydrogen-bond donors (Lipinski definition) is 0. The first-order chi connectivity index (χ1) is 7.65. The van der Waals surface area contributed by atoms with E-state index in [1.165, 1.54) is 5.56 Å². The summed E-state index contributed by atoms with van der Waals surface area (Å²) >= 11 is 0. The van der Waals surface area contributed by atoms with Gasteiger partial charge in [-0.2, -0.15) is 4.57 Å². The third-order valence-electron chi connectivity index (χ3n) is 1.98. The second kappa shape index (κ2) is 6.63. The molecule has 0 unspecified atom stereocenters. The van der Waals surface area contributed by atoms with Gasteiger partial charge >= 0.3 is 0 Å². The molecule has 0 amide bonds. The van der Waals surface area contributed by atoms with E-state index >= 15 is 0 Å². The van der Waals surface area contributed by atoms with E-state index in [1.807, 2.05) is 18.4 Å². The van der Waals surface area contributed by atoms with Crippen molar-refractivity contribution in [3.05, 3.63) is 29.1 Å². The first-order valence-corrected chi connectivity index (χ1v) is 5.91. The second-order valence-electron chi connectivity index (χ2n) is 3.47. The average molecular weight is 264 g/mol. The highest BCUT2D eigenvalue weighted by molar-refractivity contribution is 5.46. The monoisotopic (exact) mass is 263 g/mol. The summed E-state index contributed by atoms with van der Waals surface area (Å²) in [5.74, 6) is 0. The number of aromatic nitrogens is 1. The van der Waals surface area contributed by atoms with E-state index < -0.39 is 10.2 Å². The van der Waals surface area contributed by atoms with E-state index in [9.17, 15) is 4.79 Å². The van der Waals surface area contributed by atoms with Crippen LogP contribution in [-0.2, 0) is 11.3 Å². The van der Waals surface area contributed by atoms with Crippen molar-refractivity contribution in [1.29, 1.82) is 0 Å². The van der Waals surface area contributed by atoms with Gasteiger partial charge in [0, 0.05) is 26.0 Å². The first kappa shape index (κ1) is 16.0. The Morgan fingerprint density at radius 2 is 1.47 bits per heavy atom. The Morgan fingerprint density at radius 3 is 1.76 bits per heavy atom. The number of aldehydes is 1. The Hall–Kier alpha value is -1.05. The number of pyridine rings is 1. The molecule has 6 nitrogen and oxygen atoms in total. The van der Waals surface area contributed by atoms with Gasteiger partial charge in [0.1, 0.15) is 0 Å². The zero-order valence-electron chi connectivity index (χ0n) is 9.81. The van der Waals surface area contributed by atoms with Crippen LogP contribution >= 0.6 is 0 Å². The predicted octanol–water partition coefficient (Wildman–Crippen LogP) is -3.66. The molecule has 0 spiro atoms. The molecule has 0 radical (unpaired) electrons. The maximum absolute atomic E-state index is 10.3. The van der Waals surface area contributed by atoms with Crippen molar-refractivity contribution in [2.24, 2.45) is 0 Å². The summed E-state index contributed by atoms with van der Waals surface area (Å²) in [6, 6.07) is 4.16. The zero-order chi connectivity index (χ0) is 13.6. The lowest BCUT2D eigenvalue weighted by atomic mass is 10.2. The number of carbonyl (C=O) groups is 1. The van der Waals surface area contributed by atoms with Gasteiger partial charge in [0.2, 0.25) is 6.54 Å². The summed E-state index contributed by atoms with van der Waals surface area (Å²) in [4.78, 5) is 10.3. The van der Waals surface area contributed by atoms with E-state index in [1.54, 1.807) is 0 Å². The predicted molar refractivity (Wildman–Crippen MR) is 46.9 cm³/mol. The second-order valence-corrected chi connectivity index (χ2v) is 4.23. The summed E-state index contributed by atoms with van der Waals surface area (Å²) in [6.45, 7) is 6.55. The van der Waals surface area contributed by atoms with E-state index in [-0.39, 0.29) is 0 Å². The molecular formula is C10H14ClNO5. The molecule has 0 saturated heterocycles. The van der Waals surface area contributed by atoms with Crippen molar-refractivity contribution in [2.45, 2.75) is 27.3 Å². The van der Waals surface area contributed by atoms with Crippen LogP contribution in [0.15, 0.2) is 12.1 Å². The fraction of sp³-hybridized carbons (Fsp3) is 0.400. The SMILES string of the molecule is Cc1cc(C)[n+](CC=O)c(C)c1.[O-][Cl+3]([O-])([O-])[O-]. The number of hydrogen-bond acceptors (Lipinski definition) is 5. The van der Waals surface area contributed by atoms with Crippen LogP contribution < -0.4 is 23.2 Å². The van der Waals surface area contributed by atoms with Crippen LogP contribution in [0.3, 0.4) is 0 Å². The van der Waals surface area contributed by atoms with Gasteiger partial charge in [0.15, 0.2) is 17.7 Å². The maximum atomic E-state index is 10.3. The van der Waals surface area contributed by atoms with Gasteiger partial charge in [0.05, 0.1) is 0 Å². The number of nitrogens with zero attached hydrogens (tertiary/aromatic N) is 1. The summed E-state index contributed by atoms with van der Waals surface area (Å²) in [5, 5.41) is 0. The number of rotatable bonds is 2. The van der Waals surface area contributed by atoms with Gasteiger partial charge in [-0.05, 0) is 12.5 Å². The lowest BCUT2D eigenvalue weighted by Crippen LogP contribution is -2.68. The summed E-state index contributed by atoms with van der Waals surface area (Å²) < 4.78 is 36.0. The van der Waals surface area contributed by atoms with E-state index in [4.69, 9.17) is 18.6 Å². The summed E-state index contributed by atoms with van der Waals surface area (Å²) in [6.07, 6.45) is 0.926. The molecule has 0 saturated carbocycles. The van der Waals surface area contributed by atoms with Crippen LogP contribution in [0.4, 0.5) is 0 Å². The molecule has 1 aromatic rings. The lowest BCUT2D eigenvalue weighted by Gasteiger charge is -2.17. The molecule has 0 atom stereocenters. The molecule has 1 rings (SSSR count). The molecule has 7 heteroatoms. The van der Waals surface area contributed by atoms with E-state index in [0.29, 0.717) is 6.54 Å². The first-order valence-electron chi connectivity index (χ1n) is 4.68. The highest BCUT2D eigenvalue weighted by Crippen LogP contribution is 2.00. The molecule has 96 valence electrons. The Kier molecular flexibility index (Phi) is 6.22. The molecule has 0 aliphatic rings. The number of halogens is 1. The van der Waals surface area contributed by atoms with Gasteiger partial charge in [-0.25, -0.2) is 18.6 Å². The third kappa shape index (κ3) is 7.78. The topological polar surface area (TPSA) is 113 Å². The van der Waals surface area contributed by atoms with Crippen LogP contribution in [-0.4, -0.2) is 6.29 Å². The molecule has 0 aliphatic carbocycles. The van der Waals surface area contributed by atoms with Crippen LogP contribution in [0.2, 0.25) is 0 Å². The molecule has 0 fully saturated rings. The molecule has 0 aliphatic heterocycles. The van der Waals surface area contributed by atoms with Gasteiger partial charge in [-0.15, -0.1) is 10.2 Å². The fourth-order valence-electron chi connectivity index (χ4n) is 1.50. The zero-order valence-corrected chi connectivity index (χ0v) is 10.6. The maximum Gasteiger partial charge on any atom is 0.204 e. The summed E-state index contributed by atoms with van der Waals surface area (Å²) in [7, 11) is -4.94. The Balaban J connectivity index is 0.000000437. The minimum atomic E-state index is -4.94. The quantitative estimate of drug-likeness (QED) is 0.403. The van der Waals surface area contributed by atoms with Gasteiger partial charge in [-0.1, -0.05) is 0 Å². The highest BCUT2D eigenvalue weighted by Gasteiger charge is 2.09. The minimum absolute atomic E-state index is 0.456. The Labute approximate surface area is 101 Å². The molecule has 0 bridgehead atoms. The normalized spacial score (nSPS) is 10.5. The van der Waals surface area contributed by atoms with Crippen LogP contribution in [0.25, 0.3) is 0 Å². The van der Waals surface area contributed by atoms with Crippen molar-refractivity contribution >= 4 is 6.29 Å². The van der Waals surface area contributed by atoms with Crippen LogP contribution in [0.5, 0.6) is 0 Å². The minimum Gasteiger partial charge on any atom is -0.296 e.